The third-order valence-corrected chi connectivity index (χ3v) is 2.80. The van der Waals surface area contributed by atoms with E-state index >= 15 is 0 Å². The van der Waals surface area contributed by atoms with Gasteiger partial charge in [0.15, 0.2) is 11.6 Å². The van der Waals surface area contributed by atoms with E-state index in [1.165, 1.54) is 0 Å². The average molecular weight is 301 g/mol. The first-order chi connectivity index (χ1) is 9.38. The molecule has 2 rings (SSSR count). The number of amides is 1. The fourth-order valence-electron chi connectivity index (χ4n) is 1.50. The van der Waals surface area contributed by atoms with Crippen molar-refractivity contribution in [3.05, 3.63) is 59.2 Å². The molecule has 0 saturated heterocycles. The van der Waals surface area contributed by atoms with Gasteiger partial charge in [-0.1, -0.05) is 0 Å². The molecule has 0 unspecified atom stereocenters. The zero-order chi connectivity index (χ0) is 14.9. The van der Waals surface area contributed by atoms with Gasteiger partial charge in [0.1, 0.15) is 17.3 Å². The normalized spacial score (nSPS) is 10.4. The van der Waals surface area contributed by atoms with Crippen molar-refractivity contribution in [3.8, 4) is 0 Å². The number of rotatable bonds is 2. The Morgan fingerprint density at radius 3 is 2.10 bits per heavy atom. The maximum absolute atomic E-state index is 13.4. The molecule has 7 heteroatoms. The molecule has 0 aromatic heterocycles. The largest absolute Gasteiger partial charge is 0.317 e. The Morgan fingerprint density at radius 2 is 1.55 bits per heavy atom. The second kappa shape index (κ2) is 5.54. The van der Waals surface area contributed by atoms with Crippen molar-refractivity contribution >= 4 is 24.2 Å². The van der Waals surface area contributed by atoms with Crippen molar-refractivity contribution in [2.45, 2.75) is 4.90 Å². The van der Waals surface area contributed by atoms with Gasteiger partial charge in [-0.15, -0.1) is 12.6 Å². The molecule has 0 atom stereocenters. The van der Waals surface area contributed by atoms with Crippen LogP contribution in [0.5, 0.6) is 0 Å². The molecule has 0 saturated carbocycles. The minimum Gasteiger partial charge on any atom is -0.317 e. The summed E-state index contributed by atoms with van der Waals surface area (Å²) in [6.45, 7) is 0. The first-order valence-corrected chi connectivity index (χ1v) is 5.77. The zero-order valence-electron chi connectivity index (χ0n) is 9.75. The van der Waals surface area contributed by atoms with Gasteiger partial charge >= 0.3 is 0 Å². The summed E-state index contributed by atoms with van der Waals surface area (Å²) in [6, 6.07) is 4.10. The van der Waals surface area contributed by atoms with Crippen molar-refractivity contribution in [1.29, 1.82) is 0 Å². The fraction of sp³-hybridized carbons (Fsp3) is 0. The fourth-order valence-corrected chi connectivity index (χ4v) is 1.71. The molecule has 0 heterocycles. The predicted octanol–water partition coefficient (Wildman–Crippen LogP) is 3.78. The Hall–Kier alpha value is -2.02. The second-order valence-electron chi connectivity index (χ2n) is 3.86. The molecule has 0 fully saturated rings. The molecule has 104 valence electrons. The van der Waals surface area contributed by atoms with Crippen LogP contribution in [0.3, 0.4) is 0 Å². The van der Waals surface area contributed by atoms with Crippen molar-refractivity contribution in [1.82, 2.24) is 0 Å². The number of halogens is 4. The first-order valence-electron chi connectivity index (χ1n) is 5.33. The SMILES string of the molecule is O=C(Nc1c(F)cc(F)cc1F)c1ccc(F)c(S)c1. The van der Waals surface area contributed by atoms with Gasteiger partial charge in [-0.3, -0.25) is 4.79 Å². The van der Waals surface area contributed by atoms with E-state index in [1.54, 1.807) is 0 Å². The van der Waals surface area contributed by atoms with Crippen LogP contribution in [-0.4, -0.2) is 5.91 Å². The summed E-state index contributed by atoms with van der Waals surface area (Å²) in [6.07, 6.45) is 0. The summed E-state index contributed by atoms with van der Waals surface area (Å²) in [4.78, 5) is 11.7. The molecule has 0 aliphatic heterocycles. The maximum atomic E-state index is 13.4. The summed E-state index contributed by atoms with van der Waals surface area (Å²) in [5.74, 6) is -5.10. The van der Waals surface area contributed by atoms with Crippen LogP contribution in [0.2, 0.25) is 0 Å². The van der Waals surface area contributed by atoms with Gasteiger partial charge in [0.2, 0.25) is 0 Å². The van der Waals surface area contributed by atoms with E-state index in [2.05, 4.69) is 12.6 Å². The quantitative estimate of drug-likeness (QED) is 0.641. The summed E-state index contributed by atoms with van der Waals surface area (Å²) in [5.41, 5.74) is -0.819. The lowest BCUT2D eigenvalue weighted by molar-refractivity contribution is 0.102. The Morgan fingerprint density at radius 1 is 0.950 bits per heavy atom. The maximum Gasteiger partial charge on any atom is 0.255 e. The minimum absolute atomic E-state index is 0.0421. The lowest BCUT2D eigenvalue weighted by atomic mass is 10.2. The van der Waals surface area contributed by atoms with Crippen molar-refractivity contribution in [2.24, 2.45) is 0 Å². The van der Waals surface area contributed by atoms with Crippen LogP contribution >= 0.6 is 12.6 Å². The zero-order valence-corrected chi connectivity index (χ0v) is 10.6. The molecule has 2 aromatic rings. The van der Waals surface area contributed by atoms with Gasteiger partial charge in [0.05, 0.1) is 0 Å². The molecule has 0 aliphatic carbocycles. The lowest BCUT2D eigenvalue weighted by Crippen LogP contribution is -2.14. The smallest absolute Gasteiger partial charge is 0.255 e. The highest BCUT2D eigenvalue weighted by Crippen LogP contribution is 2.22. The van der Waals surface area contributed by atoms with Gasteiger partial charge in [-0.25, -0.2) is 17.6 Å². The van der Waals surface area contributed by atoms with Crippen LogP contribution in [0, 0.1) is 23.3 Å². The molecule has 0 spiro atoms. The third-order valence-electron chi connectivity index (χ3n) is 2.45. The predicted molar refractivity (Wildman–Crippen MR) is 67.9 cm³/mol. The minimum atomic E-state index is -1.25. The van der Waals surface area contributed by atoms with E-state index < -0.39 is 34.9 Å². The monoisotopic (exact) mass is 301 g/mol. The lowest BCUT2D eigenvalue weighted by Gasteiger charge is -2.08. The van der Waals surface area contributed by atoms with Gasteiger partial charge in [0.25, 0.3) is 5.91 Å². The van der Waals surface area contributed by atoms with Crippen LogP contribution < -0.4 is 5.32 Å². The average Bonchev–Trinajstić information content (AvgIpc) is 2.36. The number of carbonyl (C=O) groups is 1. The van der Waals surface area contributed by atoms with Crippen molar-refractivity contribution < 1.29 is 22.4 Å². The summed E-state index contributed by atoms with van der Waals surface area (Å²) < 4.78 is 52.4. The van der Waals surface area contributed by atoms with E-state index in [4.69, 9.17) is 0 Å². The first kappa shape index (κ1) is 14.4. The van der Waals surface area contributed by atoms with Gasteiger partial charge < -0.3 is 5.32 Å². The Bertz CT molecular complexity index is 667. The van der Waals surface area contributed by atoms with Gasteiger partial charge in [0, 0.05) is 22.6 Å². The highest BCUT2D eigenvalue weighted by atomic mass is 32.1. The highest BCUT2D eigenvalue weighted by molar-refractivity contribution is 7.80. The number of benzene rings is 2. The van der Waals surface area contributed by atoms with Crippen LogP contribution in [0.25, 0.3) is 0 Å². The van der Waals surface area contributed by atoms with E-state index in [9.17, 15) is 22.4 Å². The molecular weight excluding hydrogens is 294 g/mol. The number of carbonyl (C=O) groups excluding carboxylic acids is 1. The molecule has 1 amide bonds. The molecule has 20 heavy (non-hydrogen) atoms. The molecular formula is C13H7F4NOS. The van der Waals surface area contributed by atoms with E-state index in [0.717, 1.165) is 18.2 Å². The van der Waals surface area contributed by atoms with Crippen LogP contribution in [0.1, 0.15) is 10.4 Å². The number of hydrogen-bond acceptors (Lipinski definition) is 2. The molecule has 0 radical (unpaired) electrons. The third kappa shape index (κ3) is 2.93. The van der Waals surface area contributed by atoms with E-state index in [0.29, 0.717) is 12.1 Å². The number of nitrogens with one attached hydrogen (secondary N) is 1. The molecule has 1 N–H and O–H groups in total. The topological polar surface area (TPSA) is 29.1 Å². The van der Waals surface area contributed by atoms with Crippen LogP contribution in [-0.2, 0) is 0 Å². The van der Waals surface area contributed by atoms with Gasteiger partial charge in [-0.2, -0.15) is 0 Å². The summed E-state index contributed by atoms with van der Waals surface area (Å²) >= 11 is 3.79. The highest BCUT2D eigenvalue weighted by Gasteiger charge is 2.16. The van der Waals surface area contributed by atoms with Crippen LogP contribution in [0.4, 0.5) is 23.2 Å². The summed E-state index contributed by atoms with van der Waals surface area (Å²) in [7, 11) is 0. The van der Waals surface area contributed by atoms with Crippen LogP contribution in [0.15, 0.2) is 35.2 Å². The van der Waals surface area contributed by atoms with E-state index in [-0.39, 0.29) is 10.5 Å². The van der Waals surface area contributed by atoms with Crippen molar-refractivity contribution in [3.63, 3.8) is 0 Å². The Labute approximate surface area is 116 Å². The molecule has 2 nitrogen and oxygen atoms in total. The standard InChI is InChI=1S/C13H7F4NOS/c14-7-4-9(16)12(10(17)5-7)18-13(19)6-1-2-8(15)11(20)3-6/h1-5,20H,(H,18,19). The van der Waals surface area contributed by atoms with Gasteiger partial charge in [-0.05, 0) is 18.2 Å². The number of hydrogen-bond donors (Lipinski definition) is 2. The molecule has 0 bridgehead atoms. The Kier molecular flexibility index (Phi) is 3.99. The van der Waals surface area contributed by atoms with E-state index in [1.807, 2.05) is 5.32 Å². The number of thiol groups is 1. The summed E-state index contributed by atoms with van der Waals surface area (Å²) in [5, 5.41) is 1.96. The molecule has 2 aromatic carbocycles. The molecule has 0 aliphatic rings. The Balaban J connectivity index is 2.30. The number of anilines is 1. The van der Waals surface area contributed by atoms with Crippen molar-refractivity contribution in [2.75, 3.05) is 5.32 Å². The second-order valence-corrected chi connectivity index (χ2v) is 4.35.